The fourth-order valence-electron chi connectivity index (χ4n) is 4.69. The molecule has 8 heteroatoms. The van der Waals surface area contributed by atoms with Crippen LogP contribution >= 0.6 is 0 Å². The van der Waals surface area contributed by atoms with E-state index in [1.165, 1.54) is 12.0 Å². The molecule has 2 heterocycles. The van der Waals surface area contributed by atoms with Crippen LogP contribution in [0.2, 0.25) is 0 Å². The van der Waals surface area contributed by atoms with Gasteiger partial charge < -0.3 is 24.2 Å². The van der Waals surface area contributed by atoms with Crippen LogP contribution in [0, 0.1) is 6.92 Å². The Morgan fingerprint density at radius 2 is 1.87 bits per heavy atom. The first-order valence-electron chi connectivity index (χ1n) is 13.2. The number of aryl methyl sites for hydroxylation is 1. The number of hydrogen-bond acceptors (Lipinski definition) is 6. The molecule has 1 unspecified atom stereocenters. The Morgan fingerprint density at radius 3 is 2.54 bits per heavy atom. The molecule has 1 aliphatic rings. The molecule has 3 aromatic rings. The SMILES string of the molecule is CCCCOc1ccc(C([O-])=C2C(=O)C(=O)N(Cc3ccc[nH+]c3)C2c2ccc(OCC)c(OC)c2)c(C)c1. The topological polar surface area (TPSA) is 102 Å². The Morgan fingerprint density at radius 1 is 1.05 bits per heavy atom. The second-order valence-corrected chi connectivity index (χ2v) is 9.34. The molecular weight excluding hydrogens is 496 g/mol. The molecule has 8 nitrogen and oxygen atoms in total. The van der Waals surface area contributed by atoms with E-state index >= 15 is 0 Å². The van der Waals surface area contributed by atoms with Crippen LogP contribution in [-0.2, 0) is 16.1 Å². The minimum atomic E-state index is -0.901. The largest absolute Gasteiger partial charge is 0.872 e. The van der Waals surface area contributed by atoms with Gasteiger partial charge in [0.25, 0.3) is 5.91 Å². The summed E-state index contributed by atoms with van der Waals surface area (Å²) in [7, 11) is 1.52. The number of Topliss-reactive ketones (excluding diaryl/α,β-unsaturated/α-hetero) is 1. The van der Waals surface area contributed by atoms with E-state index in [2.05, 4.69) is 11.9 Å². The number of methoxy groups -OCH3 is 1. The number of likely N-dealkylation sites (tertiary alicyclic amines) is 1. The van der Waals surface area contributed by atoms with E-state index in [9.17, 15) is 14.7 Å². The van der Waals surface area contributed by atoms with Crippen LogP contribution in [0.3, 0.4) is 0 Å². The summed E-state index contributed by atoms with van der Waals surface area (Å²) in [5, 5.41) is 14.0. The Labute approximate surface area is 228 Å². The highest BCUT2D eigenvalue weighted by Crippen LogP contribution is 2.42. The van der Waals surface area contributed by atoms with Crippen LogP contribution in [0.4, 0.5) is 0 Å². The lowest BCUT2D eigenvalue weighted by molar-refractivity contribution is -0.378. The Bertz CT molecular complexity index is 1370. The monoisotopic (exact) mass is 530 g/mol. The first-order chi connectivity index (χ1) is 18.9. The molecule has 0 bridgehead atoms. The molecule has 1 atom stereocenters. The molecule has 1 N–H and O–H groups in total. The number of carbonyl (C=O) groups is 2. The molecule has 4 rings (SSSR count). The second kappa shape index (κ2) is 12.5. The molecule has 1 aliphatic heterocycles. The summed E-state index contributed by atoms with van der Waals surface area (Å²) in [6.45, 7) is 6.92. The summed E-state index contributed by atoms with van der Waals surface area (Å²) < 4.78 is 17.0. The lowest BCUT2D eigenvalue weighted by Gasteiger charge is -2.28. The van der Waals surface area contributed by atoms with Crippen molar-refractivity contribution in [3.63, 3.8) is 0 Å². The number of benzene rings is 2. The summed E-state index contributed by atoms with van der Waals surface area (Å²) >= 11 is 0. The van der Waals surface area contributed by atoms with Crippen molar-refractivity contribution in [2.24, 2.45) is 0 Å². The van der Waals surface area contributed by atoms with Crippen LogP contribution in [0.15, 0.2) is 66.5 Å². The highest BCUT2D eigenvalue weighted by atomic mass is 16.5. The smallest absolute Gasteiger partial charge is 0.295 e. The molecule has 0 saturated carbocycles. The minimum Gasteiger partial charge on any atom is -0.872 e. The van der Waals surface area contributed by atoms with Gasteiger partial charge in [0.15, 0.2) is 23.9 Å². The molecular formula is C31H34N2O6. The van der Waals surface area contributed by atoms with E-state index < -0.39 is 23.5 Å². The van der Waals surface area contributed by atoms with Gasteiger partial charge in [0, 0.05) is 17.2 Å². The number of hydrogen-bond donors (Lipinski definition) is 0. The maximum Gasteiger partial charge on any atom is 0.295 e. The maximum absolute atomic E-state index is 14.0. The van der Waals surface area contributed by atoms with Crippen LogP contribution < -0.4 is 24.3 Å². The molecule has 1 saturated heterocycles. The zero-order valence-corrected chi connectivity index (χ0v) is 22.8. The van der Waals surface area contributed by atoms with Crippen molar-refractivity contribution in [2.45, 2.75) is 46.2 Å². The number of carbonyl (C=O) groups excluding carboxylic acids is 2. The standard InChI is InChI=1S/C31H34N2O6/c1-5-7-15-39-23-11-12-24(20(3)16-23)29(34)27-28(22-10-13-25(38-6-2)26(17-22)37-4)33(31(36)30(27)35)19-21-9-8-14-32-18-21/h8-14,16-18,28,34H,5-7,15,19H2,1-4H3. The molecule has 1 aromatic heterocycles. The van der Waals surface area contributed by atoms with Gasteiger partial charge in [0.1, 0.15) is 5.75 Å². The van der Waals surface area contributed by atoms with E-state index in [0.717, 1.165) is 18.4 Å². The third-order valence-electron chi connectivity index (χ3n) is 6.67. The number of unbranched alkanes of at least 4 members (excludes halogenated alkanes) is 1. The van der Waals surface area contributed by atoms with Gasteiger partial charge in [-0.25, -0.2) is 4.98 Å². The van der Waals surface area contributed by atoms with Gasteiger partial charge in [0.2, 0.25) is 5.78 Å². The summed E-state index contributed by atoms with van der Waals surface area (Å²) in [4.78, 5) is 31.2. The van der Waals surface area contributed by atoms with Crippen molar-refractivity contribution in [1.29, 1.82) is 0 Å². The lowest BCUT2D eigenvalue weighted by Crippen LogP contribution is -2.29. The zero-order valence-electron chi connectivity index (χ0n) is 22.8. The summed E-state index contributed by atoms with van der Waals surface area (Å²) in [5.74, 6) is -0.369. The van der Waals surface area contributed by atoms with Gasteiger partial charge in [-0.05, 0) is 67.3 Å². The summed E-state index contributed by atoms with van der Waals surface area (Å²) in [6.07, 6.45) is 5.46. The zero-order chi connectivity index (χ0) is 27.9. The Hall–Kier alpha value is -4.33. The average Bonchev–Trinajstić information content (AvgIpc) is 3.19. The molecule has 0 spiro atoms. The lowest BCUT2D eigenvalue weighted by atomic mass is 9.93. The third kappa shape index (κ3) is 5.90. The minimum absolute atomic E-state index is 0.0890. The highest BCUT2D eigenvalue weighted by Gasteiger charge is 2.44. The van der Waals surface area contributed by atoms with Crippen LogP contribution in [0.5, 0.6) is 17.2 Å². The molecule has 204 valence electrons. The van der Waals surface area contributed by atoms with Crippen LogP contribution in [0.1, 0.15) is 55.0 Å². The molecule has 39 heavy (non-hydrogen) atoms. The number of pyridine rings is 1. The number of aromatic nitrogens is 1. The van der Waals surface area contributed by atoms with Crippen LogP contribution in [0.25, 0.3) is 5.76 Å². The Kier molecular flexibility index (Phi) is 8.86. The highest BCUT2D eigenvalue weighted by molar-refractivity contribution is 6.46. The molecule has 1 fully saturated rings. The number of ether oxygens (including phenoxy) is 3. The number of nitrogens with zero attached hydrogens (tertiary/aromatic N) is 1. The van der Waals surface area contributed by atoms with Gasteiger partial charge in [-0.2, -0.15) is 0 Å². The van der Waals surface area contributed by atoms with Crippen molar-refractivity contribution in [1.82, 2.24) is 4.90 Å². The van der Waals surface area contributed by atoms with Crippen molar-refractivity contribution in [3.8, 4) is 17.2 Å². The van der Waals surface area contributed by atoms with E-state index in [4.69, 9.17) is 14.2 Å². The predicted molar refractivity (Wildman–Crippen MR) is 144 cm³/mol. The first kappa shape index (κ1) is 27.7. The van der Waals surface area contributed by atoms with E-state index in [1.54, 1.807) is 55.7 Å². The predicted octanol–water partition coefficient (Wildman–Crippen LogP) is 3.82. The first-order valence-corrected chi connectivity index (χ1v) is 13.2. The number of ketones is 1. The number of amides is 1. The number of rotatable bonds is 11. The third-order valence-corrected chi connectivity index (χ3v) is 6.67. The van der Waals surface area contributed by atoms with Crippen molar-refractivity contribution >= 4 is 17.4 Å². The Balaban J connectivity index is 1.82. The molecule has 1 amide bonds. The molecule has 2 aromatic carbocycles. The van der Waals surface area contributed by atoms with Crippen molar-refractivity contribution < 1.29 is 33.9 Å². The van der Waals surface area contributed by atoms with Crippen molar-refractivity contribution in [3.05, 3.63) is 88.8 Å². The van der Waals surface area contributed by atoms with Crippen LogP contribution in [-0.4, -0.2) is 36.9 Å². The summed E-state index contributed by atoms with van der Waals surface area (Å²) in [6, 6.07) is 13.2. The van der Waals surface area contributed by atoms with Gasteiger partial charge >= 0.3 is 0 Å². The van der Waals surface area contributed by atoms with Gasteiger partial charge in [-0.15, -0.1) is 0 Å². The fourth-order valence-corrected chi connectivity index (χ4v) is 4.69. The van der Waals surface area contributed by atoms with Crippen molar-refractivity contribution in [2.75, 3.05) is 20.3 Å². The van der Waals surface area contributed by atoms with E-state index in [-0.39, 0.29) is 12.1 Å². The molecule has 0 radical (unpaired) electrons. The number of aromatic amines is 1. The average molecular weight is 531 g/mol. The fraction of sp³-hybridized carbons (Fsp3) is 0.323. The second-order valence-electron chi connectivity index (χ2n) is 9.34. The number of H-pyrrole nitrogens is 1. The van der Waals surface area contributed by atoms with E-state index in [1.807, 2.05) is 19.1 Å². The summed E-state index contributed by atoms with van der Waals surface area (Å²) in [5.41, 5.74) is 2.30. The van der Waals surface area contributed by atoms with E-state index in [0.29, 0.717) is 47.2 Å². The van der Waals surface area contributed by atoms with Gasteiger partial charge in [-0.3, -0.25) is 9.59 Å². The molecule has 0 aliphatic carbocycles. The quantitative estimate of drug-likeness (QED) is 0.162. The van der Waals surface area contributed by atoms with Gasteiger partial charge in [0.05, 0.1) is 32.9 Å². The normalized spacial score (nSPS) is 16.4. The van der Waals surface area contributed by atoms with Gasteiger partial charge in [-0.1, -0.05) is 31.2 Å². The maximum atomic E-state index is 14.0. The number of nitrogens with one attached hydrogen (secondary N) is 1.